The number of thiazole rings is 3. The van der Waals surface area contributed by atoms with Crippen molar-refractivity contribution in [2.75, 3.05) is 66.3 Å². The summed E-state index contributed by atoms with van der Waals surface area (Å²) in [7, 11) is 0. The van der Waals surface area contributed by atoms with Gasteiger partial charge in [0.15, 0.2) is 15.4 Å². The van der Waals surface area contributed by atoms with E-state index in [9.17, 15) is 34.1 Å². The fraction of sp³-hybridized carbons (Fsp3) is 0.440. The predicted molar refractivity (Wildman–Crippen MR) is 439 cm³/mol. The maximum absolute atomic E-state index is 13.0. The third-order valence-corrected chi connectivity index (χ3v) is 22.9. The van der Waals surface area contributed by atoms with Gasteiger partial charge in [0, 0.05) is 51.9 Å². The minimum atomic E-state index is -0.509. The number of pyridine rings is 3. The first-order valence-corrected chi connectivity index (χ1v) is 40.2. The maximum atomic E-state index is 13.0. The van der Waals surface area contributed by atoms with E-state index in [-0.39, 0.29) is 86.3 Å². The topological polar surface area (TPSA) is 341 Å². The normalized spacial score (nSPS) is 15.5. The van der Waals surface area contributed by atoms with Gasteiger partial charge in [0.2, 0.25) is 28.8 Å². The first-order chi connectivity index (χ1) is 50.9. The number of carbonyl (C=O) groups is 5. The molecule has 12 rings (SSSR count). The molecule has 0 saturated carbocycles. The van der Waals surface area contributed by atoms with E-state index in [1.807, 2.05) is 34.6 Å². The second-order valence-electron chi connectivity index (χ2n) is 28.0. The van der Waals surface area contributed by atoms with E-state index in [4.69, 9.17) is 30.6 Å². The number of hydrogen-bond acceptors (Lipinski definition) is 26. The highest BCUT2D eigenvalue weighted by Gasteiger charge is 2.36. The molecule has 3 fully saturated rings. The minimum Gasteiger partial charge on any atom is -0.444 e. The quantitative estimate of drug-likeness (QED) is 0.0125. The lowest BCUT2D eigenvalue weighted by atomic mass is 9.94. The van der Waals surface area contributed by atoms with Gasteiger partial charge in [0.1, 0.15) is 74.1 Å². The first-order valence-electron chi connectivity index (χ1n) is 34.4. The van der Waals surface area contributed by atoms with Gasteiger partial charge in [-0.25, -0.2) is 44.6 Å². The molecule has 9 aromatic heterocycles. The number of nitrogens with two attached hydrogens (primary N) is 1. The SMILES string of the molecule is C.C.C.C=CC(=O)Cl.C=CC(=O)Nc1cc[n+](C(=O)N2CCC[C@H](Nc3ncc(SCc4ncc(C(C)(C)C)o4)s3)C2)cc1.CC(C)(C)c1cnc(CSc2cnc(N[C@H]3CCCN(C(=O)[n+]4ccc(N)cc4)C3)s2)o1.CC(C)(C)c1cnc(CSc2cnc(N[C@H]3CCCN(C(=O)[n+]4ccc([N+](=O)[O-])cc4)C3)s2)o1. The van der Waals surface area contributed by atoms with E-state index < -0.39 is 10.2 Å². The smallest absolute Gasteiger partial charge is 0.444 e. The van der Waals surface area contributed by atoms with Crippen LogP contribution >= 0.6 is 80.9 Å². The number of oxazole rings is 3. The zero-order valence-corrected chi connectivity index (χ0v) is 66.8. The molecule has 28 nitrogen and oxygen atoms in total. The van der Waals surface area contributed by atoms with Crippen LogP contribution in [0.3, 0.4) is 0 Å². The van der Waals surface area contributed by atoms with Crippen LogP contribution in [0.5, 0.6) is 0 Å². The molecule has 110 heavy (non-hydrogen) atoms. The number of piperidine rings is 3. The summed E-state index contributed by atoms with van der Waals surface area (Å²) in [4.78, 5) is 102. The van der Waals surface area contributed by atoms with Crippen LogP contribution < -0.4 is 40.7 Å². The van der Waals surface area contributed by atoms with Gasteiger partial charge in [-0.05, 0) is 62.3 Å². The summed E-state index contributed by atoms with van der Waals surface area (Å²) >= 11 is 14.4. The lowest BCUT2D eigenvalue weighted by Crippen LogP contribution is -2.56. The number of carbonyl (C=O) groups excluding carboxylic acids is 5. The molecule has 35 heteroatoms. The number of hydrogen-bond donors (Lipinski definition) is 5. The number of nitro groups is 1. The number of likely N-dealkylation sites (tertiary alicyclic amines) is 3. The number of nitrogens with zero attached hydrogens (tertiary/aromatic N) is 13. The van der Waals surface area contributed by atoms with E-state index in [0.717, 1.165) is 102 Å². The van der Waals surface area contributed by atoms with Gasteiger partial charge in [-0.1, -0.05) is 132 Å². The van der Waals surface area contributed by atoms with Crippen LogP contribution in [0.15, 0.2) is 162 Å². The molecular weight excluding hydrogens is 1540 g/mol. The van der Waals surface area contributed by atoms with E-state index in [1.165, 1.54) is 39.7 Å². The number of nitrogen functional groups attached to an aromatic ring is 1. The Morgan fingerprint density at radius 3 is 1.14 bits per heavy atom. The lowest BCUT2D eigenvalue weighted by Gasteiger charge is -2.27. The average molecular weight is 1640 g/mol. The van der Waals surface area contributed by atoms with Crippen molar-refractivity contribution in [3.63, 3.8) is 0 Å². The van der Waals surface area contributed by atoms with Crippen LogP contribution in [0.4, 0.5) is 46.8 Å². The van der Waals surface area contributed by atoms with Gasteiger partial charge in [-0.15, -0.1) is 35.3 Å². The van der Waals surface area contributed by atoms with Gasteiger partial charge in [0.25, 0.3) is 5.69 Å². The Morgan fingerprint density at radius 1 is 0.545 bits per heavy atom. The van der Waals surface area contributed by atoms with Crippen LogP contribution in [0.1, 0.15) is 158 Å². The number of halogens is 1. The van der Waals surface area contributed by atoms with Gasteiger partial charge in [0.05, 0.1) is 122 Å². The molecule has 3 saturated heterocycles. The molecule has 0 aliphatic carbocycles. The molecule has 3 aliphatic heterocycles. The standard InChI is InChI=1S/C25H30N6O3S2.C22H27N6O4S2.C22H28N6O2S2.C3H3ClO.3CH4/c1-5-20(32)28-17-8-11-30(12-9-17)24(33)31-10-6-7-18(15-31)29-23-27-14-22(36-23)35-16-21-26-13-19(34-21)25(2,3)4;1-22(2,3)17-11-23-18(32-17)14-33-19-12-24-20(34-19)25-15-5-4-8-27(13-15)21(29)26-9-6-16(7-10-26)28(30)31;1-22(2,3)17-11-24-18(30-17)14-31-19-12-25-20(32-19)26-16-5-4-8-28(13-16)21(29)27-9-6-15(23)7-10-27;1-2-3(4)5;;;/h5,8-9,11-14,18H,1,6-7,10,15-16H2,2-4H3,(H,27,29);6-7,9-12,15H,4-5,8,13-14H2,1-3H3,(H,24,25);6-7,9-12,16,23H,4-5,8,13-14H2,1-3H3,(H,25,26);2H,1H2;3*1H4/q;+1;;;;;/p+2/t18-;15-;16-;;;;/m000..../s1. The molecule has 4 amide bonds. The number of nitrogens with one attached hydrogen (secondary N) is 4. The van der Waals surface area contributed by atoms with Crippen LogP contribution in [-0.2, 0) is 43.1 Å². The van der Waals surface area contributed by atoms with Crippen molar-refractivity contribution < 1.29 is 55.8 Å². The third-order valence-electron chi connectivity index (χ3n) is 16.4. The monoisotopic (exact) mass is 1640 g/mol. The van der Waals surface area contributed by atoms with E-state index in [0.29, 0.717) is 73.1 Å². The number of amides is 4. The summed E-state index contributed by atoms with van der Waals surface area (Å²) in [6.45, 7) is 29.3. The van der Waals surface area contributed by atoms with Crippen molar-refractivity contribution >= 4 is 143 Å². The Kier molecular flexibility index (Phi) is 34.2. The number of aromatic nitrogens is 9. The molecule has 592 valence electrons. The third kappa shape index (κ3) is 27.5. The Balaban J connectivity index is 0.000000247. The van der Waals surface area contributed by atoms with Crippen molar-refractivity contribution in [3.8, 4) is 0 Å². The van der Waals surface area contributed by atoms with Crippen molar-refractivity contribution in [2.24, 2.45) is 0 Å². The van der Waals surface area contributed by atoms with Crippen LogP contribution in [0.2, 0.25) is 0 Å². The molecule has 0 bridgehead atoms. The highest BCUT2D eigenvalue weighted by molar-refractivity contribution is 8.01. The fourth-order valence-corrected chi connectivity index (χ4v) is 16.0. The average Bonchev–Trinajstić information content (AvgIpc) is 1.28. The number of rotatable bonds is 19. The molecule has 0 aromatic carbocycles. The van der Waals surface area contributed by atoms with Crippen LogP contribution in [-0.4, -0.2) is 136 Å². The second-order valence-corrected chi connectivity index (χ2v) is 35.3. The molecule has 0 radical (unpaired) electrons. The van der Waals surface area contributed by atoms with Gasteiger partial charge < -0.3 is 40.3 Å². The Morgan fingerprint density at radius 2 is 0.855 bits per heavy atom. The van der Waals surface area contributed by atoms with E-state index >= 15 is 0 Å². The lowest BCUT2D eigenvalue weighted by molar-refractivity contribution is -0.579. The molecular formula is C75H102ClN18O10S6+3. The molecule has 3 aliphatic rings. The highest BCUT2D eigenvalue weighted by atomic mass is 35.5. The van der Waals surface area contributed by atoms with Crippen LogP contribution in [0, 0.1) is 10.1 Å². The van der Waals surface area contributed by atoms with E-state index in [2.05, 4.69) is 127 Å². The summed E-state index contributed by atoms with van der Waals surface area (Å²) in [6, 6.07) is 9.55. The summed E-state index contributed by atoms with van der Waals surface area (Å²) in [6.07, 6.45) is 28.4. The van der Waals surface area contributed by atoms with Gasteiger partial charge in [-0.2, -0.15) is 28.1 Å². The summed E-state index contributed by atoms with van der Waals surface area (Å²) in [5, 5.41) is 26.0. The predicted octanol–water partition coefficient (Wildman–Crippen LogP) is 16.1. The summed E-state index contributed by atoms with van der Waals surface area (Å²) in [5.74, 6) is 6.45. The summed E-state index contributed by atoms with van der Waals surface area (Å²) in [5.41, 5.74) is 6.76. The Hall–Kier alpha value is -9.06. The second kappa shape index (κ2) is 41.8. The molecule has 0 unspecified atom stereocenters. The number of allylic oxidation sites excluding steroid dienone is 1. The van der Waals surface area contributed by atoms with Gasteiger partial charge >= 0.3 is 18.1 Å². The largest absolute Gasteiger partial charge is 0.497 e. The fourth-order valence-electron chi connectivity index (χ4n) is 10.6. The molecule has 6 N–H and O–H groups in total. The summed E-state index contributed by atoms with van der Waals surface area (Å²) < 4.78 is 25.3. The molecule has 9 aromatic rings. The zero-order valence-electron chi connectivity index (χ0n) is 61.1. The van der Waals surface area contributed by atoms with E-state index in [1.54, 1.807) is 140 Å². The Bertz CT molecular complexity index is 4470. The highest BCUT2D eigenvalue weighted by Crippen LogP contribution is 2.36. The molecule has 0 spiro atoms. The van der Waals surface area contributed by atoms with Crippen LogP contribution in [0.25, 0.3) is 0 Å². The molecule has 12 heterocycles. The Labute approximate surface area is 673 Å². The number of anilines is 5. The number of thioether (sulfide) groups is 3. The van der Waals surface area contributed by atoms with Crippen molar-refractivity contribution in [2.45, 2.75) is 187 Å². The van der Waals surface area contributed by atoms with Crippen molar-refractivity contribution in [3.05, 3.63) is 181 Å². The van der Waals surface area contributed by atoms with Crippen molar-refractivity contribution in [1.29, 1.82) is 0 Å². The maximum Gasteiger partial charge on any atom is 0.497 e. The minimum absolute atomic E-state index is 0. The molecule has 3 atom stereocenters. The van der Waals surface area contributed by atoms with Gasteiger partial charge in [-0.3, -0.25) is 19.7 Å². The first kappa shape index (κ1) is 89.8. The zero-order chi connectivity index (χ0) is 77.0. The van der Waals surface area contributed by atoms with Crippen molar-refractivity contribution in [1.82, 2.24) is 44.6 Å².